The van der Waals surface area contributed by atoms with Crippen molar-refractivity contribution in [3.05, 3.63) is 23.3 Å². The summed E-state index contributed by atoms with van der Waals surface area (Å²) < 4.78 is 11.0. The van der Waals surface area contributed by atoms with Crippen molar-refractivity contribution in [3.63, 3.8) is 0 Å². The summed E-state index contributed by atoms with van der Waals surface area (Å²) >= 11 is 0. The molecule has 1 aliphatic heterocycles. The molecule has 4 N–H and O–H groups in total. The van der Waals surface area contributed by atoms with Crippen LogP contribution in [-0.4, -0.2) is 70.1 Å². The molecule has 0 spiro atoms. The summed E-state index contributed by atoms with van der Waals surface area (Å²) in [5.74, 6) is 0.477. The predicted molar refractivity (Wildman–Crippen MR) is 92.0 cm³/mol. The largest absolute Gasteiger partial charge is 0.394 e. The molecule has 3 rings (SSSR count). The molecular weight excluding hydrogens is 340 g/mol. The first-order valence-corrected chi connectivity index (χ1v) is 9.09. The Bertz CT molecular complexity index is 607. The van der Waals surface area contributed by atoms with Crippen LogP contribution < -0.4 is 0 Å². The highest BCUT2D eigenvalue weighted by molar-refractivity contribution is 5.92. The van der Waals surface area contributed by atoms with Gasteiger partial charge in [0.25, 0.3) is 0 Å². The van der Waals surface area contributed by atoms with Crippen molar-refractivity contribution in [1.82, 2.24) is 0 Å². The number of hydrogen-bond acceptors (Lipinski definition) is 7. The smallest absolute Gasteiger partial charge is 0.187 e. The molecule has 7 heteroatoms. The molecule has 0 radical (unpaired) electrons. The number of hydrogen-bond donors (Lipinski definition) is 4. The normalized spacial score (nSPS) is 39.8. The third-order valence-corrected chi connectivity index (χ3v) is 5.71. The van der Waals surface area contributed by atoms with Crippen LogP contribution in [0.2, 0.25) is 0 Å². The molecule has 1 heterocycles. The molecule has 26 heavy (non-hydrogen) atoms. The lowest BCUT2D eigenvalue weighted by Gasteiger charge is -2.41. The second-order valence-corrected chi connectivity index (χ2v) is 8.18. The number of aliphatic hydroxyl groups is 4. The van der Waals surface area contributed by atoms with Gasteiger partial charge in [0, 0.05) is 6.42 Å². The number of rotatable bonds is 4. The fourth-order valence-corrected chi connectivity index (χ4v) is 4.21. The van der Waals surface area contributed by atoms with Crippen molar-refractivity contribution in [2.24, 2.45) is 11.3 Å². The first-order chi connectivity index (χ1) is 12.2. The van der Waals surface area contributed by atoms with Crippen LogP contribution >= 0.6 is 0 Å². The van der Waals surface area contributed by atoms with Crippen molar-refractivity contribution < 1.29 is 34.7 Å². The maximum Gasteiger partial charge on any atom is 0.187 e. The van der Waals surface area contributed by atoms with Gasteiger partial charge in [-0.15, -0.1) is 0 Å². The Morgan fingerprint density at radius 3 is 2.62 bits per heavy atom. The van der Waals surface area contributed by atoms with Gasteiger partial charge in [0.1, 0.15) is 24.4 Å². The fraction of sp³-hybridized carbons (Fsp3) is 0.737. The van der Waals surface area contributed by atoms with Crippen LogP contribution in [0.4, 0.5) is 0 Å². The number of ether oxygens (including phenoxy) is 2. The molecule has 146 valence electrons. The van der Waals surface area contributed by atoms with E-state index >= 15 is 0 Å². The minimum atomic E-state index is -1.45. The molecule has 1 unspecified atom stereocenters. The van der Waals surface area contributed by atoms with Gasteiger partial charge in [0.15, 0.2) is 12.1 Å². The van der Waals surface area contributed by atoms with E-state index < -0.39 is 37.3 Å². The molecule has 2 aliphatic carbocycles. The van der Waals surface area contributed by atoms with Crippen molar-refractivity contribution in [2.75, 3.05) is 13.2 Å². The summed E-state index contributed by atoms with van der Waals surface area (Å²) in [6, 6.07) is 0. The second-order valence-electron chi connectivity index (χ2n) is 8.18. The van der Waals surface area contributed by atoms with E-state index in [1.165, 1.54) is 0 Å². The Morgan fingerprint density at radius 2 is 1.92 bits per heavy atom. The number of fused-ring (bicyclic) bond motifs is 1. The molecule has 1 saturated heterocycles. The summed E-state index contributed by atoms with van der Waals surface area (Å²) in [7, 11) is 0. The van der Waals surface area contributed by atoms with Crippen LogP contribution in [0.5, 0.6) is 0 Å². The summed E-state index contributed by atoms with van der Waals surface area (Å²) in [5, 5.41) is 38.9. The van der Waals surface area contributed by atoms with Crippen LogP contribution in [0, 0.1) is 11.3 Å². The van der Waals surface area contributed by atoms with Crippen LogP contribution in [-0.2, 0) is 14.3 Å². The lowest BCUT2D eigenvalue weighted by molar-refractivity contribution is -0.299. The fourth-order valence-electron chi connectivity index (χ4n) is 4.21. The first kappa shape index (κ1) is 19.7. The lowest BCUT2D eigenvalue weighted by Crippen LogP contribution is -2.59. The van der Waals surface area contributed by atoms with Gasteiger partial charge < -0.3 is 29.9 Å². The second kappa shape index (κ2) is 7.50. The number of carbonyl (C=O) groups is 1. The molecule has 7 nitrogen and oxygen atoms in total. The van der Waals surface area contributed by atoms with E-state index in [1.807, 2.05) is 6.08 Å². The lowest BCUT2D eigenvalue weighted by atomic mass is 9.64. The van der Waals surface area contributed by atoms with E-state index in [0.717, 1.165) is 24.0 Å². The van der Waals surface area contributed by atoms with Gasteiger partial charge >= 0.3 is 0 Å². The third-order valence-electron chi connectivity index (χ3n) is 5.71. The van der Waals surface area contributed by atoms with Crippen molar-refractivity contribution in [3.8, 4) is 0 Å². The van der Waals surface area contributed by atoms with E-state index in [9.17, 15) is 25.2 Å². The first-order valence-electron chi connectivity index (χ1n) is 9.09. The predicted octanol–water partition coefficient (Wildman–Crippen LogP) is 0.0647. The average molecular weight is 368 g/mol. The zero-order chi connectivity index (χ0) is 19.1. The zero-order valence-corrected chi connectivity index (χ0v) is 15.2. The molecule has 0 saturated carbocycles. The number of ketones is 1. The molecule has 0 aromatic heterocycles. The highest BCUT2D eigenvalue weighted by atomic mass is 16.7. The minimum absolute atomic E-state index is 0.0542. The number of allylic oxidation sites excluding steroid dienone is 3. The monoisotopic (exact) mass is 368 g/mol. The summed E-state index contributed by atoms with van der Waals surface area (Å²) in [5.41, 5.74) is 1.95. The van der Waals surface area contributed by atoms with Crippen molar-refractivity contribution in [1.29, 1.82) is 0 Å². The Kier molecular flexibility index (Phi) is 5.67. The van der Waals surface area contributed by atoms with Crippen molar-refractivity contribution >= 4 is 5.78 Å². The SMILES string of the molecule is CC1(C)CC(=O)C=C2C=C(CO[C@H]3O[C@H](CO)[C@@H](O)[C@H](O)[C@H]3O)CCC21. The molecule has 0 aromatic carbocycles. The zero-order valence-electron chi connectivity index (χ0n) is 15.2. The van der Waals surface area contributed by atoms with Gasteiger partial charge in [0.2, 0.25) is 0 Å². The highest BCUT2D eigenvalue weighted by Crippen LogP contribution is 2.46. The Hall–Kier alpha value is -1.09. The molecule has 6 atom stereocenters. The molecule has 0 amide bonds. The van der Waals surface area contributed by atoms with E-state index in [2.05, 4.69) is 13.8 Å². The Labute approximate surface area is 152 Å². The van der Waals surface area contributed by atoms with E-state index in [1.54, 1.807) is 6.08 Å². The summed E-state index contributed by atoms with van der Waals surface area (Å²) in [6.07, 6.45) is -0.372. The van der Waals surface area contributed by atoms with Crippen LogP contribution in [0.15, 0.2) is 23.3 Å². The van der Waals surface area contributed by atoms with E-state index in [-0.39, 0.29) is 17.8 Å². The third kappa shape index (κ3) is 3.78. The van der Waals surface area contributed by atoms with Gasteiger partial charge in [0.05, 0.1) is 13.2 Å². The van der Waals surface area contributed by atoms with Gasteiger partial charge in [-0.3, -0.25) is 4.79 Å². The molecule has 1 fully saturated rings. The maximum atomic E-state index is 12.0. The topological polar surface area (TPSA) is 116 Å². The summed E-state index contributed by atoms with van der Waals surface area (Å²) in [6.45, 7) is 3.93. The molecule has 0 bridgehead atoms. The van der Waals surface area contributed by atoms with Crippen molar-refractivity contribution in [2.45, 2.75) is 63.8 Å². The quantitative estimate of drug-likeness (QED) is 0.555. The average Bonchev–Trinajstić information content (AvgIpc) is 2.58. The highest BCUT2D eigenvalue weighted by Gasteiger charge is 2.44. The summed E-state index contributed by atoms with van der Waals surface area (Å²) in [4.78, 5) is 12.0. The molecule has 0 aromatic rings. The van der Waals surface area contributed by atoms with E-state index in [4.69, 9.17) is 9.47 Å². The number of aliphatic hydroxyl groups excluding tert-OH is 4. The number of carbonyl (C=O) groups excluding carboxylic acids is 1. The van der Waals surface area contributed by atoms with E-state index in [0.29, 0.717) is 12.3 Å². The van der Waals surface area contributed by atoms with Gasteiger partial charge in [-0.25, -0.2) is 0 Å². The standard InChI is InChI=1S/C19H28O7/c1-19(2)7-12(21)6-11-5-10(3-4-13(11)19)9-25-18-17(24)16(23)15(22)14(8-20)26-18/h5-6,13-18,20,22-24H,3-4,7-9H2,1-2H3/t13?,14-,15-,16+,17-,18+/m1/s1. The van der Waals surface area contributed by atoms with Gasteiger partial charge in [-0.05, 0) is 41.4 Å². The van der Waals surface area contributed by atoms with Gasteiger partial charge in [-0.1, -0.05) is 19.9 Å². The molecule has 3 aliphatic rings. The maximum absolute atomic E-state index is 12.0. The van der Waals surface area contributed by atoms with Crippen LogP contribution in [0.25, 0.3) is 0 Å². The Balaban J connectivity index is 1.66. The van der Waals surface area contributed by atoms with Crippen LogP contribution in [0.1, 0.15) is 33.1 Å². The minimum Gasteiger partial charge on any atom is -0.394 e. The van der Waals surface area contributed by atoms with Gasteiger partial charge in [-0.2, -0.15) is 0 Å². The Morgan fingerprint density at radius 1 is 1.19 bits per heavy atom. The molecular formula is C19H28O7. The van der Waals surface area contributed by atoms with Crippen LogP contribution in [0.3, 0.4) is 0 Å².